The van der Waals surface area contributed by atoms with E-state index in [1.807, 2.05) is 49.4 Å². The molecular formula is C20H20N4O. The van der Waals surface area contributed by atoms with Crippen LogP contribution in [0, 0.1) is 13.8 Å². The molecule has 5 heteroatoms. The van der Waals surface area contributed by atoms with Crippen molar-refractivity contribution in [3.05, 3.63) is 71.4 Å². The fraction of sp³-hybridized carbons (Fsp3) is 0.150. The number of nitrogens with zero attached hydrogens (tertiary/aromatic N) is 2. The van der Waals surface area contributed by atoms with Crippen molar-refractivity contribution in [1.29, 1.82) is 0 Å². The summed E-state index contributed by atoms with van der Waals surface area (Å²) in [6, 6.07) is 17.3. The number of ketones is 1. The molecular weight excluding hydrogens is 312 g/mol. The molecule has 0 aliphatic rings. The van der Waals surface area contributed by atoms with Gasteiger partial charge in [-0.1, -0.05) is 17.7 Å². The van der Waals surface area contributed by atoms with Gasteiger partial charge in [0.25, 0.3) is 0 Å². The summed E-state index contributed by atoms with van der Waals surface area (Å²) in [5.74, 6) is 1.27. The highest BCUT2D eigenvalue weighted by Gasteiger charge is 2.05. The highest BCUT2D eigenvalue weighted by atomic mass is 16.1. The van der Waals surface area contributed by atoms with E-state index in [4.69, 9.17) is 0 Å². The average Bonchev–Trinajstić information content (AvgIpc) is 2.57. The lowest BCUT2D eigenvalue weighted by atomic mass is 10.1. The maximum atomic E-state index is 11.3. The number of carbonyl (C=O) groups excluding carboxylic acids is 1. The number of benzene rings is 2. The van der Waals surface area contributed by atoms with E-state index < -0.39 is 0 Å². The molecule has 0 bridgehead atoms. The second kappa shape index (κ2) is 7.13. The van der Waals surface area contributed by atoms with Crippen molar-refractivity contribution in [3.63, 3.8) is 0 Å². The van der Waals surface area contributed by atoms with Crippen LogP contribution < -0.4 is 10.6 Å². The number of aromatic nitrogens is 2. The minimum Gasteiger partial charge on any atom is -0.340 e. The molecule has 0 aliphatic heterocycles. The fourth-order valence-corrected chi connectivity index (χ4v) is 2.39. The van der Waals surface area contributed by atoms with Crippen LogP contribution in [0.2, 0.25) is 0 Å². The number of hydrogen-bond donors (Lipinski definition) is 2. The molecule has 3 rings (SSSR count). The van der Waals surface area contributed by atoms with Crippen molar-refractivity contribution in [2.24, 2.45) is 0 Å². The third-order valence-corrected chi connectivity index (χ3v) is 3.73. The van der Waals surface area contributed by atoms with Crippen molar-refractivity contribution < 1.29 is 4.79 Å². The van der Waals surface area contributed by atoms with E-state index >= 15 is 0 Å². The van der Waals surface area contributed by atoms with Crippen molar-refractivity contribution in [3.8, 4) is 0 Å². The Morgan fingerprint density at radius 2 is 1.44 bits per heavy atom. The molecule has 0 atom stereocenters. The molecule has 0 saturated heterocycles. The van der Waals surface area contributed by atoms with Gasteiger partial charge >= 0.3 is 0 Å². The van der Waals surface area contributed by atoms with Crippen molar-refractivity contribution >= 4 is 28.9 Å². The average molecular weight is 332 g/mol. The SMILES string of the molecule is CC(=O)c1ccc(Nc2nc(C)cc(Nc3ccc(C)cc3)n2)cc1. The Hall–Kier alpha value is -3.21. The van der Waals surface area contributed by atoms with E-state index in [1.165, 1.54) is 5.56 Å². The summed E-state index contributed by atoms with van der Waals surface area (Å²) >= 11 is 0. The van der Waals surface area contributed by atoms with Gasteiger partial charge in [0.05, 0.1) is 0 Å². The van der Waals surface area contributed by atoms with Gasteiger partial charge in [0, 0.05) is 28.7 Å². The van der Waals surface area contributed by atoms with Crippen LogP contribution >= 0.6 is 0 Å². The van der Waals surface area contributed by atoms with Crippen molar-refractivity contribution in [2.75, 3.05) is 10.6 Å². The van der Waals surface area contributed by atoms with Crippen LogP contribution in [0.15, 0.2) is 54.6 Å². The van der Waals surface area contributed by atoms with Crippen LogP contribution in [0.5, 0.6) is 0 Å². The van der Waals surface area contributed by atoms with Gasteiger partial charge in [0.15, 0.2) is 5.78 Å². The molecule has 0 amide bonds. The standard InChI is InChI=1S/C20H20N4O/c1-13-4-8-17(9-5-13)22-19-12-14(2)21-20(24-19)23-18-10-6-16(7-11-18)15(3)25/h4-12H,1-3H3,(H2,21,22,23,24). The van der Waals surface area contributed by atoms with Gasteiger partial charge in [-0.15, -0.1) is 0 Å². The van der Waals surface area contributed by atoms with E-state index in [2.05, 4.69) is 27.5 Å². The third kappa shape index (κ3) is 4.41. The lowest BCUT2D eigenvalue weighted by molar-refractivity contribution is 0.101. The highest BCUT2D eigenvalue weighted by molar-refractivity contribution is 5.94. The zero-order chi connectivity index (χ0) is 17.8. The zero-order valence-electron chi connectivity index (χ0n) is 14.5. The summed E-state index contributed by atoms with van der Waals surface area (Å²) in [6.07, 6.45) is 0. The summed E-state index contributed by atoms with van der Waals surface area (Å²) in [6.45, 7) is 5.53. The molecule has 2 N–H and O–H groups in total. The van der Waals surface area contributed by atoms with Gasteiger partial charge in [-0.2, -0.15) is 4.98 Å². The molecule has 0 aliphatic carbocycles. The van der Waals surface area contributed by atoms with Crippen LogP contribution in [-0.2, 0) is 0 Å². The smallest absolute Gasteiger partial charge is 0.229 e. The maximum Gasteiger partial charge on any atom is 0.229 e. The summed E-state index contributed by atoms with van der Waals surface area (Å²) < 4.78 is 0. The molecule has 126 valence electrons. The molecule has 0 fully saturated rings. The van der Waals surface area contributed by atoms with E-state index in [0.717, 1.165) is 22.9 Å². The molecule has 2 aromatic carbocycles. The highest BCUT2D eigenvalue weighted by Crippen LogP contribution is 2.20. The Bertz CT molecular complexity index is 887. The quantitative estimate of drug-likeness (QED) is 0.658. The summed E-state index contributed by atoms with van der Waals surface area (Å²) in [5, 5.41) is 6.46. The molecule has 1 aromatic heterocycles. The van der Waals surface area contributed by atoms with Crippen molar-refractivity contribution in [1.82, 2.24) is 9.97 Å². The van der Waals surface area contributed by atoms with E-state index in [-0.39, 0.29) is 5.78 Å². The van der Waals surface area contributed by atoms with Crippen LogP contribution in [0.1, 0.15) is 28.5 Å². The molecule has 0 unspecified atom stereocenters. The van der Waals surface area contributed by atoms with E-state index in [9.17, 15) is 4.79 Å². The number of nitrogens with one attached hydrogen (secondary N) is 2. The number of anilines is 4. The minimum atomic E-state index is 0.0444. The topological polar surface area (TPSA) is 66.9 Å². The lowest BCUT2D eigenvalue weighted by Crippen LogP contribution is -2.02. The van der Waals surface area contributed by atoms with Gasteiger partial charge in [-0.3, -0.25) is 4.79 Å². The zero-order valence-corrected chi connectivity index (χ0v) is 14.5. The molecule has 0 saturated carbocycles. The Morgan fingerprint density at radius 3 is 2.08 bits per heavy atom. The first kappa shape index (κ1) is 16.6. The normalized spacial score (nSPS) is 10.4. The summed E-state index contributed by atoms with van der Waals surface area (Å²) in [7, 11) is 0. The lowest BCUT2D eigenvalue weighted by Gasteiger charge is -2.10. The Morgan fingerprint density at radius 1 is 0.840 bits per heavy atom. The second-order valence-electron chi connectivity index (χ2n) is 5.97. The Kier molecular flexibility index (Phi) is 4.75. The van der Waals surface area contributed by atoms with Crippen LogP contribution in [0.4, 0.5) is 23.1 Å². The first-order valence-electron chi connectivity index (χ1n) is 8.07. The third-order valence-electron chi connectivity index (χ3n) is 3.73. The second-order valence-corrected chi connectivity index (χ2v) is 5.97. The van der Waals surface area contributed by atoms with Gasteiger partial charge in [0.1, 0.15) is 5.82 Å². The number of Topliss-reactive ketones (excluding diaryl/α,β-unsaturated/α-hetero) is 1. The van der Waals surface area contributed by atoms with Crippen molar-refractivity contribution in [2.45, 2.75) is 20.8 Å². The Balaban J connectivity index is 1.79. The number of hydrogen-bond acceptors (Lipinski definition) is 5. The largest absolute Gasteiger partial charge is 0.340 e. The molecule has 25 heavy (non-hydrogen) atoms. The maximum absolute atomic E-state index is 11.3. The number of aryl methyl sites for hydroxylation is 2. The number of rotatable bonds is 5. The summed E-state index contributed by atoms with van der Waals surface area (Å²) in [4.78, 5) is 20.3. The minimum absolute atomic E-state index is 0.0444. The van der Waals surface area contributed by atoms with Gasteiger partial charge < -0.3 is 10.6 Å². The van der Waals surface area contributed by atoms with Crippen LogP contribution in [0.3, 0.4) is 0 Å². The first-order valence-corrected chi connectivity index (χ1v) is 8.07. The molecule has 1 heterocycles. The van der Waals surface area contributed by atoms with Crippen LogP contribution in [0.25, 0.3) is 0 Å². The monoisotopic (exact) mass is 332 g/mol. The molecule has 3 aromatic rings. The van der Waals surface area contributed by atoms with E-state index in [0.29, 0.717) is 11.5 Å². The molecule has 0 spiro atoms. The van der Waals surface area contributed by atoms with Gasteiger partial charge in [-0.25, -0.2) is 4.98 Å². The fourth-order valence-electron chi connectivity index (χ4n) is 2.39. The Labute approximate surface area is 147 Å². The first-order chi connectivity index (χ1) is 12.0. The van der Waals surface area contributed by atoms with Crippen LogP contribution in [-0.4, -0.2) is 15.8 Å². The predicted molar refractivity (Wildman–Crippen MR) is 101 cm³/mol. The molecule has 5 nitrogen and oxygen atoms in total. The van der Waals surface area contributed by atoms with E-state index in [1.54, 1.807) is 19.1 Å². The molecule has 0 radical (unpaired) electrons. The van der Waals surface area contributed by atoms with Gasteiger partial charge in [0.2, 0.25) is 5.95 Å². The number of carbonyl (C=O) groups is 1. The predicted octanol–water partition coefficient (Wildman–Crippen LogP) is 4.78. The van der Waals surface area contributed by atoms with Gasteiger partial charge in [-0.05, 0) is 57.2 Å². The summed E-state index contributed by atoms with van der Waals surface area (Å²) in [5.41, 5.74) is 4.54.